The molecule has 3 aromatic rings. The molecule has 0 amide bonds. The highest BCUT2D eigenvalue weighted by molar-refractivity contribution is 7.90. The zero-order valence-corrected chi connectivity index (χ0v) is 14.9. The highest BCUT2D eigenvalue weighted by Crippen LogP contribution is 2.29. The first kappa shape index (κ1) is 17.1. The summed E-state index contributed by atoms with van der Waals surface area (Å²) in [6.45, 7) is 1.56. The lowest BCUT2D eigenvalue weighted by Gasteiger charge is -2.13. The van der Waals surface area contributed by atoms with E-state index in [1.165, 1.54) is 22.3 Å². The summed E-state index contributed by atoms with van der Waals surface area (Å²) in [5, 5.41) is 4.11. The van der Waals surface area contributed by atoms with Gasteiger partial charge in [0, 0.05) is 17.6 Å². The second-order valence-corrected chi connectivity index (χ2v) is 8.18. The van der Waals surface area contributed by atoms with Crippen molar-refractivity contribution >= 4 is 20.9 Å². The van der Waals surface area contributed by atoms with Crippen LogP contribution in [0, 0.1) is 5.82 Å². The summed E-state index contributed by atoms with van der Waals surface area (Å²) in [7, 11) is -3.80. The molecule has 136 valence electrons. The van der Waals surface area contributed by atoms with Gasteiger partial charge in [-0.3, -0.25) is 0 Å². The predicted molar refractivity (Wildman–Crippen MR) is 97.4 cm³/mol. The van der Waals surface area contributed by atoms with Crippen LogP contribution in [0.15, 0.2) is 59.6 Å². The first-order valence-electron chi connectivity index (χ1n) is 8.53. The quantitative estimate of drug-likeness (QED) is 0.745. The Balaban J connectivity index is 1.68. The van der Waals surface area contributed by atoms with Gasteiger partial charge >= 0.3 is 0 Å². The fourth-order valence-corrected chi connectivity index (χ4v) is 4.61. The average Bonchev–Trinajstić information content (AvgIpc) is 3.30. The first-order chi connectivity index (χ1) is 12.6. The minimum absolute atomic E-state index is 0.0397. The van der Waals surface area contributed by atoms with E-state index in [1.54, 1.807) is 18.2 Å². The van der Waals surface area contributed by atoms with E-state index in [0.717, 1.165) is 36.9 Å². The maximum absolute atomic E-state index is 13.1. The lowest BCUT2D eigenvalue weighted by atomic mass is 10.2. The van der Waals surface area contributed by atoms with Gasteiger partial charge in [0.25, 0.3) is 10.0 Å². The normalized spacial score (nSPS) is 17.7. The number of fused-ring (bicyclic) bond motifs is 1. The summed E-state index contributed by atoms with van der Waals surface area (Å²) in [6, 6.07) is 12.2. The van der Waals surface area contributed by atoms with Crippen molar-refractivity contribution in [3.05, 3.63) is 60.5 Å². The molecule has 2 heterocycles. The van der Waals surface area contributed by atoms with Crippen molar-refractivity contribution in [1.29, 1.82) is 0 Å². The molecule has 4 rings (SSSR count). The first-order valence-corrected chi connectivity index (χ1v) is 9.97. The maximum atomic E-state index is 13.1. The van der Waals surface area contributed by atoms with Crippen molar-refractivity contribution < 1.29 is 17.5 Å². The van der Waals surface area contributed by atoms with Crippen molar-refractivity contribution in [2.45, 2.75) is 23.8 Å². The molecular formula is C19H19FN2O3S. The molecule has 0 unspecified atom stereocenters. The molecular weight excluding hydrogens is 355 g/mol. The van der Waals surface area contributed by atoms with E-state index in [2.05, 4.69) is 5.32 Å². The van der Waals surface area contributed by atoms with E-state index in [-0.39, 0.29) is 4.90 Å². The second kappa shape index (κ2) is 6.74. The Labute approximate surface area is 151 Å². The minimum Gasteiger partial charge on any atom is -0.491 e. The maximum Gasteiger partial charge on any atom is 0.268 e. The Morgan fingerprint density at radius 1 is 1.15 bits per heavy atom. The molecule has 1 aliphatic rings. The van der Waals surface area contributed by atoms with Gasteiger partial charge in [-0.05, 0) is 61.9 Å². The predicted octanol–water partition coefficient (Wildman–Crippen LogP) is 3.15. The number of nitrogens with one attached hydrogen (secondary N) is 1. The standard InChI is InChI=1S/C19H19FN2O3S/c20-14-6-8-16(9-7-14)26(23,24)22-12-10-17-18(22)4-1-5-19(17)25-13-15-3-2-11-21-15/h1,4-10,12,15,21H,2-3,11,13H2/t15-/m0/s1. The fourth-order valence-electron chi connectivity index (χ4n) is 3.26. The Bertz CT molecular complexity index is 1020. The fraction of sp³-hybridized carbons (Fsp3) is 0.263. The summed E-state index contributed by atoms with van der Waals surface area (Å²) < 4.78 is 46.0. The van der Waals surface area contributed by atoms with Crippen LogP contribution in [0.25, 0.3) is 10.9 Å². The van der Waals surface area contributed by atoms with Crippen LogP contribution in [0.3, 0.4) is 0 Å². The van der Waals surface area contributed by atoms with E-state index in [4.69, 9.17) is 4.74 Å². The summed E-state index contributed by atoms with van der Waals surface area (Å²) >= 11 is 0. The largest absolute Gasteiger partial charge is 0.491 e. The van der Waals surface area contributed by atoms with Gasteiger partial charge < -0.3 is 10.1 Å². The number of hydrogen-bond acceptors (Lipinski definition) is 4. The topological polar surface area (TPSA) is 60.3 Å². The van der Waals surface area contributed by atoms with Crippen LogP contribution in [0.2, 0.25) is 0 Å². The van der Waals surface area contributed by atoms with Crippen molar-refractivity contribution in [3.63, 3.8) is 0 Å². The molecule has 1 atom stereocenters. The van der Waals surface area contributed by atoms with Crippen LogP contribution in [0.1, 0.15) is 12.8 Å². The Morgan fingerprint density at radius 3 is 2.69 bits per heavy atom. The second-order valence-electron chi connectivity index (χ2n) is 6.36. The van der Waals surface area contributed by atoms with Gasteiger partial charge in [0.1, 0.15) is 18.2 Å². The molecule has 2 aromatic carbocycles. The van der Waals surface area contributed by atoms with Crippen LogP contribution >= 0.6 is 0 Å². The van der Waals surface area contributed by atoms with E-state index < -0.39 is 15.8 Å². The Kier molecular flexibility index (Phi) is 4.42. The number of hydrogen-bond donors (Lipinski definition) is 1. The van der Waals surface area contributed by atoms with Gasteiger partial charge in [0.05, 0.1) is 10.4 Å². The molecule has 0 aliphatic carbocycles. The third-order valence-electron chi connectivity index (χ3n) is 4.63. The summed E-state index contributed by atoms with van der Waals surface area (Å²) in [6.07, 6.45) is 3.73. The number of rotatable bonds is 5. The van der Waals surface area contributed by atoms with E-state index in [1.807, 2.05) is 6.07 Å². The van der Waals surface area contributed by atoms with Gasteiger partial charge in [-0.2, -0.15) is 0 Å². The number of halogens is 1. The molecule has 1 fully saturated rings. The molecule has 0 radical (unpaired) electrons. The van der Waals surface area contributed by atoms with Crippen LogP contribution in [-0.2, 0) is 10.0 Å². The molecule has 1 aliphatic heterocycles. The molecule has 0 bridgehead atoms. The molecule has 26 heavy (non-hydrogen) atoms. The van der Waals surface area contributed by atoms with Gasteiger partial charge in [-0.25, -0.2) is 16.8 Å². The number of nitrogens with zero attached hydrogens (tertiary/aromatic N) is 1. The zero-order valence-electron chi connectivity index (χ0n) is 14.1. The highest BCUT2D eigenvalue weighted by Gasteiger charge is 2.21. The van der Waals surface area contributed by atoms with Crippen LogP contribution in [-0.4, -0.2) is 31.6 Å². The van der Waals surface area contributed by atoms with E-state index in [0.29, 0.717) is 23.9 Å². The lowest BCUT2D eigenvalue weighted by Crippen LogP contribution is -2.28. The molecule has 1 aromatic heterocycles. The molecule has 1 N–H and O–H groups in total. The van der Waals surface area contributed by atoms with Crippen molar-refractivity contribution in [1.82, 2.24) is 9.29 Å². The molecule has 5 nitrogen and oxygen atoms in total. The third kappa shape index (κ3) is 3.08. The van der Waals surface area contributed by atoms with E-state index in [9.17, 15) is 12.8 Å². The lowest BCUT2D eigenvalue weighted by molar-refractivity contribution is 0.280. The van der Waals surface area contributed by atoms with Gasteiger partial charge in [-0.15, -0.1) is 0 Å². The van der Waals surface area contributed by atoms with Crippen LogP contribution in [0.5, 0.6) is 5.75 Å². The van der Waals surface area contributed by atoms with Gasteiger partial charge in [0.2, 0.25) is 0 Å². The van der Waals surface area contributed by atoms with Crippen LogP contribution < -0.4 is 10.1 Å². The van der Waals surface area contributed by atoms with Crippen molar-refractivity contribution in [2.75, 3.05) is 13.2 Å². The zero-order chi connectivity index (χ0) is 18.1. The van der Waals surface area contributed by atoms with Gasteiger partial charge in [-0.1, -0.05) is 6.07 Å². The molecule has 7 heteroatoms. The number of aromatic nitrogens is 1. The minimum atomic E-state index is -3.80. The number of benzene rings is 2. The Morgan fingerprint density at radius 2 is 1.96 bits per heavy atom. The average molecular weight is 374 g/mol. The van der Waals surface area contributed by atoms with Crippen LogP contribution in [0.4, 0.5) is 4.39 Å². The smallest absolute Gasteiger partial charge is 0.268 e. The Hall–Kier alpha value is -2.38. The monoisotopic (exact) mass is 374 g/mol. The summed E-state index contributed by atoms with van der Waals surface area (Å²) in [4.78, 5) is 0.0397. The number of ether oxygens (including phenoxy) is 1. The molecule has 0 saturated carbocycles. The van der Waals surface area contributed by atoms with E-state index >= 15 is 0 Å². The van der Waals surface area contributed by atoms with Gasteiger partial charge in [0.15, 0.2) is 0 Å². The third-order valence-corrected chi connectivity index (χ3v) is 6.33. The summed E-state index contributed by atoms with van der Waals surface area (Å²) in [5.41, 5.74) is 0.534. The SMILES string of the molecule is O=S(=O)(c1ccc(F)cc1)n1ccc2c(OC[C@@H]3CCCN3)cccc21. The highest BCUT2D eigenvalue weighted by atomic mass is 32.2. The summed E-state index contributed by atoms with van der Waals surface area (Å²) in [5.74, 6) is 0.182. The molecule has 1 saturated heterocycles. The molecule has 0 spiro atoms. The van der Waals surface area contributed by atoms with Crippen molar-refractivity contribution in [3.8, 4) is 5.75 Å². The van der Waals surface area contributed by atoms with Crippen molar-refractivity contribution in [2.24, 2.45) is 0 Å².